The van der Waals surface area contributed by atoms with Gasteiger partial charge in [0.15, 0.2) is 8.32 Å². The van der Waals surface area contributed by atoms with Crippen LogP contribution in [0.5, 0.6) is 0 Å². The van der Waals surface area contributed by atoms with Crippen molar-refractivity contribution in [1.82, 2.24) is 9.80 Å². The van der Waals surface area contributed by atoms with Gasteiger partial charge in [-0.05, 0) is 16.6 Å². The van der Waals surface area contributed by atoms with E-state index in [4.69, 9.17) is 4.43 Å². The Bertz CT molecular complexity index is 412. The van der Waals surface area contributed by atoms with E-state index in [2.05, 4.69) is 46.4 Å². The maximum atomic E-state index is 12.5. The predicted molar refractivity (Wildman–Crippen MR) is 96.1 cm³/mol. The van der Waals surface area contributed by atoms with Crippen molar-refractivity contribution in [2.24, 2.45) is 0 Å². The second-order valence-electron chi connectivity index (χ2n) is 7.80. The van der Waals surface area contributed by atoms with Crippen molar-refractivity contribution in [2.75, 3.05) is 39.3 Å². The summed E-state index contributed by atoms with van der Waals surface area (Å²) in [5.74, 6) is -1.73. The second-order valence-corrected chi connectivity index (χ2v) is 13.3. The lowest BCUT2D eigenvalue weighted by molar-refractivity contribution is -0.187. The van der Waals surface area contributed by atoms with Gasteiger partial charge < -0.3 is 9.33 Å². The summed E-state index contributed by atoms with van der Waals surface area (Å²) in [5, 5.41) is 0. The Balaban J connectivity index is 2.51. The average molecular weight is 383 g/mol. The monoisotopic (exact) mass is 382 g/mol. The van der Waals surface area contributed by atoms with Gasteiger partial charge in [-0.1, -0.05) is 41.5 Å². The molecule has 1 aliphatic rings. The average Bonchev–Trinajstić information content (AvgIpc) is 2.49. The van der Waals surface area contributed by atoms with Crippen LogP contribution in [-0.2, 0) is 9.22 Å². The Hall–Kier alpha value is -0.603. The number of carbonyl (C=O) groups is 1. The van der Waals surface area contributed by atoms with Crippen molar-refractivity contribution in [3.8, 4) is 0 Å². The maximum absolute atomic E-state index is 12.5. The third kappa shape index (κ3) is 5.43. The lowest BCUT2D eigenvalue weighted by Gasteiger charge is -2.43. The molecule has 0 bridgehead atoms. The van der Waals surface area contributed by atoms with Gasteiger partial charge in [-0.25, -0.2) is 0 Å². The van der Waals surface area contributed by atoms with Crippen LogP contribution in [0.1, 0.15) is 41.5 Å². The minimum absolute atomic E-state index is 0.124. The first-order chi connectivity index (χ1) is 11.4. The molecule has 0 aliphatic carbocycles. The maximum Gasteiger partial charge on any atom is 0.471 e. The van der Waals surface area contributed by atoms with E-state index < -0.39 is 20.4 Å². The molecule has 148 valence electrons. The molecule has 0 saturated carbocycles. The van der Waals surface area contributed by atoms with E-state index >= 15 is 0 Å². The highest BCUT2D eigenvalue weighted by molar-refractivity contribution is 6.77. The number of carbonyl (C=O) groups excluding carboxylic acids is 1. The highest BCUT2D eigenvalue weighted by Gasteiger charge is 2.45. The molecule has 1 heterocycles. The smallest absolute Gasteiger partial charge is 0.415 e. The van der Waals surface area contributed by atoms with E-state index in [1.807, 2.05) is 0 Å². The zero-order valence-corrected chi connectivity index (χ0v) is 17.3. The molecule has 1 rings (SSSR count). The van der Waals surface area contributed by atoms with Gasteiger partial charge in [0, 0.05) is 39.3 Å². The van der Waals surface area contributed by atoms with Gasteiger partial charge in [-0.2, -0.15) is 13.2 Å². The lowest BCUT2D eigenvalue weighted by atomic mass is 10.3. The highest BCUT2D eigenvalue weighted by atomic mass is 28.4. The van der Waals surface area contributed by atoms with Crippen molar-refractivity contribution < 1.29 is 22.4 Å². The number of amides is 1. The Morgan fingerprint density at radius 2 is 1.40 bits per heavy atom. The molecule has 0 aromatic heterocycles. The number of rotatable bonds is 7. The molecule has 4 nitrogen and oxygen atoms in total. The topological polar surface area (TPSA) is 32.8 Å². The minimum atomic E-state index is -4.78. The molecule has 25 heavy (non-hydrogen) atoms. The lowest BCUT2D eigenvalue weighted by Crippen LogP contribution is -2.53. The fraction of sp³-hybridized carbons (Fsp3) is 0.941. The van der Waals surface area contributed by atoms with E-state index in [1.54, 1.807) is 0 Å². The van der Waals surface area contributed by atoms with Crippen LogP contribution < -0.4 is 0 Å². The molecule has 0 aromatic carbocycles. The SMILES string of the molecule is CC(C)[Si](OCCN1CCN(C(=O)C(F)(F)F)CC1)(C(C)C)C(C)C. The third-order valence-electron chi connectivity index (χ3n) is 5.37. The zero-order valence-electron chi connectivity index (χ0n) is 16.3. The van der Waals surface area contributed by atoms with Crippen LogP contribution in [0.3, 0.4) is 0 Å². The van der Waals surface area contributed by atoms with Crippen molar-refractivity contribution >= 4 is 14.2 Å². The largest absolute Gasteiger partial charge is 0.471 e. The molecular formula is C17H33F3N2O2Si. The third-order valence-corrected chi connectivity index (χ3v) is 11.5. The summed E-state index contributed by atoms with van der Waals surface area (Å²) in [4.78, 5) is 14.2. The first-order valence-electron chi connectivity index (χ1n) is 9.15. The first-order valence-corrected chi connectivity index (χ1v) is 11.3. The normalized spacial score (nSPS) is 17.8. The highest BCUT2D eigenvalue weighted by Crippen LogP contribution is 2.42. The summed E-state index contributed by atoms with van der Waals surface area (Å²) in [5.41, 5.74) is 1.52. The van der Waals surface area contributed by atoms with E-state index in [9.17, 15) is 18.0 Å². The van der Waals surface area contributed by atoms with Crippen LogP contribution in [0, 0.1) is 0 Å². The molecule has 1 saturated heterocycles. The molecule has 1 fully saturated rings. The van der Waals surface area contributed by atoms with Gasteiger partial charge in [0.1, 0.15) is 0 Å². The molecule has 0 radical (unpaired) electrons. The second kappa shape index (κ2) is 8.86. The summed E-state index contributed by atoms with van der Waals surface area (Å²) in [7, 11) is -1.91. The Morgan fingerprint density at radius 3 is 1.76 bits per heavy atom. The molecule has 0 atom stereocenters. The van der Waals surface area contributed by atoms with Crippen LogP contribution in [0.25, 0.3) is 0 Å². The molecule has 0 aromatic rings. The van der Waals surface area contributed by atoms with Crippen LogP contribution in [0.2, 0.25) is 16.6 Å². The summed E-state index contributed by atoms with van der Waals surface area (Å²) < 4.78 is 43.9. The number of hydrogen-bond donors (Lipinski definition) is 0. The van der Waals surface area contributed by atoms with Crippen LogP contribution in [-0.4, -0.2) is 69.5 Å². The van der Waals surface area contributed by atoms with E-state index in [1.165, 1.54) is 0 Å². The van der Waals surface area contributed by atoms with Crippen LogP contribution in [0.15, 0.2) is 0 Å². The number of alkyl halides is 3. The van der Waals surface area contributed by atoms with E-state index in [0.717, 1.165) is 4.90 Å². The molecule has 1 aliphatic heterocycles. The fourth-order valence-electron chi connectivity index (χ4n) is 4.21. The molecular weight excluding hydrogens is 349 g/mol. The summed E-state index contributed by atoms with van der Waals surface area (Å²) >= 11 is 0. The Kier molecular flexibility index (Phi) is 7.95. The van der Waals surface area contributed by atoms with Crippen molar-refractivity contribution in [2.45, 2.75) is 64.3 Å². The van der Waals surface area contributed by atoms with Gasteiger partial charge in [-0.15, -0.1) is 0 Å². The molecule has 0 spiro atoms. The zero-order chi connectivity index (χ0) is 19.4. The van der Waals surface area contributed by atoms with Gasteiger partial charge in [0.25, 0.3) is 0 Å². The van der Waals surface area contributed by atoms with Gasteiger partial charge in [0.05, 0.1) is 0 Å². The van der Waals surface area contributed by atoms with Gasteiger partial charge >= 0.3 is 12.1 Å². The van der Waals surface area contributed by atoms with E-state index in [-0.39, 0.29) is 13.1 Å². The summed E-state index contributed by atoms with van der Waals surface area (Å²) in [6, 6.07) is 0. The number of hydrogen-bond acceptors (Lipinski definition) is 3. The quantitative estimate of drug-likeness (QED) is 0.627. The summed E-state index contributed by atoms with van der Waals surface area (Å²) in [6.07, 6.45) is -4.78. The molecule has 1 amide bonds. The number of halogens is 3. The van der Waals surface area contributed by atoms with Crippen molar-refractivity contribution in [3.05, 3.63) is 0 Å². The van der Waals surface area contributed by atoms with Gasteiger partial charge in [-0.3, -0.25) is 9.69 Å². The first kappa shape index (κ1) is 22.4. The Morgan fingerprint density at radius 1 is 0.960 bits per heavy atom. The van der Waals surface area contributed by atoms with Crippen LogP contribution >= 0.6 is 0 Å². The minimum Gasteiger partial charge on any atom is -0.415 e. The standard InChI is InChI=1S/C17H33F3N2O2Si/c1-13(2)25(14(3)4,15(5)6)24-12-11-21-7-9-22(10-8-21)16(23)17(18,19)20/h13-15H,7-12H2,1-6H3. The van der Waals surface area contributed by atoms with Gasteiger partial charge in [0.2, 0.25) is 0 Å². The molecule has 8 heteroatoms. The summed E-state index contributed by atoms with van der Waals surface area (Å²) in [6.45, 7) is 15.9. The fourth-order valence-corrected chi connectivity index (χ4v) is 9.65. The van der Waals surface area contributed by atoms with Crippen molar-refractivity contribution in [3.63, 3.8) is 0 Å². The molecule has 0 N–H and O–H groups in total. The molecule has 0 unspecified atom stereocenters. The Labute approximate surface area is 150 Å². The number of piperazine rings is 1. The van der Waals surface area contributed by atoms with E-state index in [0.29, 0.717) is 42.9 Å². The predicted octanol–water partition coefficient (Wildman–Crippen LogP) is 3.89. The number of nitrogens with zero attached hydrogens (tertiary/aromatic N) is 2. The van der Waals surface area contributed by atoms with Crippen molar-refractivity contribution in [1.29, 1.82) is 0 Å². The van der Waals surface area contributed by atoms with Crippen LogP contribution in [0.4, 0.5) is 13.2 Å².